The van der Waals surface area contributed by atoms with Gasteiger partial charge >= 0.3 is 5.97 Å². The number of carboxylic acid groups (broad SMARTS) is 1. The molecule has 2 aliphatic carbocycles. The summed E-state index contributed by atoms with van der Waals surface area (Å²) in [6, 6.07) is 9.39. The summed E-state index contributed by atoms with van der Waals surface area (Å²) in [6.07, 6.45) is 14.8. The van der Waals surface area contributed by atoms with Crippen LogP contribution in [0.15, 0.2) is 36.9 Å². The lowest BCUT2D eigenvalue weighted by atomic mass is 9.66. The summed E-state index contributed by atoms with van der Waals surface area (Å²) in [4.78, 5) is 11.6. The molecule has 1 aromatic carbocycles. The van der Waals surface area contributed by atoms with Gasteiger partial charge in [-0.15, -0.1) is 6.58 Å². The highest BCUT2D eigenvalue weighted by molar-refractivity contribution is 5.70. The normalized spacial score (nSPS) is 29.2. The van der Waals surface area contributed by atoms with E-state index in [9.17, 15) is 9.90 Å². The van der Waals surface area contributed by atoms with Crippen molar-refractivity contribution < 1.29 is 9.90 Å². The summed E-state index contributed by atoms with van der Waals surface area (Å²) in [7, 11) is 0. The summed E-state index contributed by atoms with van der Waals surface area (Å²) in [6.45, 7) is 5.99. The summed E-state index contributed by atoms with van der Waals surface area (Å²) < 4.78 is 0. The van der Waals surface area contributed by atoms with Crippen molar-refractivity contribution >= 4 is 5.97 Å². The number of aliphatic carboxylic acids is 1. The molecule has 154 valence electrons. The van der Waals surface area contributed by atoms with E-state index in [0.29, 0.717) is 12.3 Å². The second-order valence-electron chi connectivity index (χ2n) is 9.25. The molecule has 0 heterocycles. The number of hydrogen-bond acceptors (Lipinski definition) is 1. The first-order chi connectivity index (χ1) is 13.6. The van der Waals surface area contributed by atoms with Crippen LogP contribution in [0, 0.1) is 23.7 Å². The molecular formula is C26H38O2. The van der Waals surface area contributed by atoms with E-state index in [-0.39, 0.29) is 5.92 Å². The van der Waals surface area contributed by atoms with Crippen molar-refractivity contribution in [1.82, 2.24) is 0 Å². The fourth-order valence-corrected chi connectivity index (χ4v) is 5.86. The van der Waals surface area contributed by atoms with Crippen molar-refractivity contribution in [2.24, 2.45) is 23.7 Å². The standard InChI is InChI=1S/C26H38O2/c1-3-5-19-7-9-20(10-8-19)21-11-13-22(14-12-21)23-15-17-24(18-16-23)25(6-4-2)26(27)28/h4,7-10,21-25H,2-3,5-6,11-18H2,1H3,(H,27,28)/t21-,22-,23-,24-,25?. The molecule has 0 radical (unpaired) electrons. The molecule has 28 heavy (non-hydrogen) atoms. The minimum Gasteiger partial charge on any atom is -0.481 e. The van der Waals surface area contributed by atoms with E-state index in [1.807, 2.05) is 0 Å². The molecular weight excluding hydrogens is 344 g/mol. The molecule has 0 spiro atoms. The van der Waals surface area contributed by atoms with Gasteiger partial charge in [-0.05, 0) is 99.0 Å². The second kappa shape index (κ2) is 10.3. The molecule has 0 saturated heterocycles. The van der Waals surface area contributed by atoms with Crippen LogP contribution in [0.4, 0.5) is 0 Å². The first kappa shape index (κ1) is 21.1. The molecule has 0 aliphatic heterocycles. The molecule has 1 N–H and O–H groups in total. The van der Waals surface area contributed by atoms with Gasteiger partial charge in [-0.3, -0.25) is 4.79 Å². The Morgan fingerprint density at radius 1 is 1.04 bits per heavy atom. The summed E-state index contributed by atoms with van der Waals surface area (Å²) in [5.74, 6) is 1.93. The van der Waals surface area contributed by atoms with Gasteiger partial charge in [0, 0.05) is 0 Å². The van der Waals surface area contributed by atoms with E-state index >= 15 is 0 Å². The summed E-state index contributed by atoms with van der Waals surface area (Å²) in [5, 5.41) is 9.51. The number of carbonyl (C=O) groups is 1. The fourth-order valence-electron chi connectivity index (χ4n) is 5.86. The Kier molecular flexibility index (Phi) is 7.76. The van der Waals surface area contributed by atoms with Gasteiger partial charge in [-0.25, -0.2) is 0 Å². The number of carboxylic acids is 1. The maximum atomic E-state index is 11.6. The molecule has 2 heteroatoms. The van der Waals surface area contributed by atoms with Crippen LogP contribution in [0.1, 0.15) is 88.2 Å². The van der Waals surface area contributed by atoms with Gasteiger partial charge in [-0.2, -0.15) is 0 Å². The van der Waals surface area contributed by atoms with E-state index in [0.717, 1.165) is 30.6 Å². The highest BCUT2D eigenvalue weighted by Crippen LogP contribution is 2.45. The predicted molar refractivity (Wildman–Crippen MR) is 117 cm³/mol. The Bertz CT molecular complexity index is 616. The molecule has 3 rings (SSSR count). The third-order valence-corrected chi connectivity index (χ3v) is 7.55. The zero-order chi connectivity index (χ0) is 19.9. The molecule has 2 nitrogen and oxygen atoms in total. The lowest BCUT2D eigenvalue weighted by Gasteiger charge is -2.39. The summed E-state index contributed by atoms with van der Waals surface area (Å²) in [5.41, 5.74) is 3.00. The van der Waals surface area contributed by atoms with E-state index in [2.05, 4.69) is 37.8 Å². The molecule has 1 unspecified atom stereocenters. The van der Waals surface area contributed by atoms with E-state index in [1.165, 1.54) is 62.5 Å². The van der Waals surface area contributed by atoms with Gasteiger partial charge < -0.3 is 5.11 Å². The van der Waals surface area contributed by atoms with E-state index < -0.39 is 5.97 Å². The maximum Gasteiger partial charge on any atom is 0.307 e. The topological polar surface area (TPSA) is 37.3 Å². The lowest BCUT2D eigenvalue weighted by Crippen LogP contribution is -2.30. The Labute approximate surface area is 171 Å². The molecule has 0 bridgehead atoms. The number of rotatable bonds is 8. The van der Waals surface area contributed by atoms with Crippen molar-refractivity contribution in [2.45, 2.75) is 83.5 Å². The van der Waals surface area contributed by atoms with Crippen molar-refractivity contribution in [3.05, 3.63) is 48.0 Å². The molecule has 2 saturated carbocycles. The van der Waals surface area contributed by atoms with Gasteiger partial charge in [0.05, 0.1) is 5.92 Å². The monoisotopic (exact) mass is 382 g/mol. The first-order valence-corrected chi connectivity index (χ1v) is 11.5. The van der Waals surface area contributed by atoms with Crippen molar-refractivity contribution in [3.8, 4) is 0 Å². The second-order valence-corrected chi connectivity index (χ2v) is 9.25. The van der Waals surface area contributed by atoms with Crippen molar-refractivity contribution in [3.63, 3.8) is 0 Å². The van der Waals surface area contributed by atoms with Crippen LogP contribution in [0.2, 0.25) is 0 Å². The summed E-state index contributed by atoms with van der Waals surface area (Å²) >= 11 is 0. The molecule has 2 aliphatic rings. The SMILES string of the molecule is C=CCC(C(=O)O)[C@H]1CC[C@H]([C@H]2CC[C@H](c3ccc(CCC)cc3)CC2)CC1. The first-order valence-electron chi connectivity index (χ1n) is 11.5. The number of allylic oxidation sites excluding steroid dienone is 1. The molecule has 1 aromatic rings. The lowest BCUT2D eigenvalue weighted by molar-refractivity contribution is -0.144. The third kappa shape index (κ3) is 5.27. The zero-order valence-electron chi connectivity index (χ0n) is 17.6. The molecule has 0 aromatic heterocycles. The van der Waals surface area contributed by atoms with Crippen LogP contribution in [-0.4, -0.2) is 11.1 Å². The van der Waals surface area contributed by atoms with Gasteiger partial charge in [0.25, 0.3) is 0 Å². The molecule has 0 amide bonds. The number of aryl methyl sites for hydroxylation is 1. The predicted octanol–water partition coefficient (Wildman–Crippen LogP) is 7.00. The van der Waals surface area contributed by atoms with Gasteiger partial charge in [0.1, 0.15) is 0 Å². The van der Waals surface area contributed by atoms with Crippen LogP contribution in [-0.2, 0) is 11.2 Å². The van der Waals surface area contributed by atoms with Gasteiger partial charge in [0.2, 0.25) is 0 Å². The Morgan fingerprint density at radius 2 is 1.61 bits per heavy atom. The zero-order valence-corrected chi connectivity index (χ0v) is 17.6. The largest absolute Gasteiger partial charge is 0.481 e. The van der Waals surface area contributed by atoms with Gasteiger partial charge in [0.15, 0.2) is 0 Å². The minimum absolute atomic E-state index is 0.218. The van der Waals surface area contributed by atoms with E-state index in [4.69, 9.17) is 0 Å². The highest BCUT2D eigenvalue weighted by Gasteiger charge is 2.35. The Balaban J connectivity index is 1.47. The quantitative estimate of drug-likeness (QED) is 0.492. The van der Waals surface area contributed by atoms with Crippen LogP contribution in [0.25, 0.3) is 0 Å². The smallest absolute Gasteiger partial charge is 0.307 e. The minimum atomic E-state index is -0.631. The average molecular weight is 383 g/mol. The Morgan fingerprint density at radius 3 is 2.11 bits per heavy atom. The van der Waals surface area contributed by atoms with Crippen molar-refractivity contribution in [2.75, 3.05) is 0 Å². The van der Waals surface area contributed by atoms with Crippen LogP contribution in [0.5, 0.6) is 0 Å². The van der Waals surface area contributed by atoms with Crippen LogP contribution in [0.3, 0.4) is 0 Å². The number of benzene rings is 1. The number of hydrogen-bond donors (Lipinski definition) is 1. The van der Waals surface area contributed by atoms with Gasteiger partial charge in [-0.1, -0.05) is 43.7 Å². The fraction of sp³-hybridized carbons (Fsp3) is 0.654. The molecule has 1 atom stereocenters. The van der Waals surface area contributed by atoms with Crippen LogP contribution >= 0.6 is 0 Å². The third-order valence-electron chi connectivity index (χ3n) is 7.55. The Hall–Kier alpha value is -1.57. The average Bonchev–Trinajstić information content (AvgIpc) is 2.73. The highest BCUT2D eigenvalue weighted by atomic mass is 16.4. The maximum absolute atomic E-state index is 11.6. The van der Waals surface area contributed by atoms with Crippen molar-refractivity contribution in [1.29, 1.82) is 0 Å². The van der Waals surface area contributed by atoms with Crippen LogP contribution < -0.4 is 0 Å². The van der Waals surface area contributed by atoms with E-state index in [1.54, 1.807) is 6.08 Å². The molecule has 2 fully saturated rings.